The van der Waals surface area contributed by atoms with E-state index >= 15 is 0 Å². The number of nitrogens with zero attached hydrogens (tertiary/aromatic N) is 1. The third-order valence-electron chi connectivity index (χ3n) is 6.44. The molecule has 2 aromatic rings. The molecule has 0 aliphatic rings. The number of hydrogen-bond acceptors (Lipinski definition) is 4. The Labute approximate surface area is 231 Å². The fourth-order valence-electron chi connectivity index (χ4n) is 4.20. The highest BCUT2D eigenvalue weighted by molar-refractivity contribution is 9.10. The summed E-state index contributed by atoms with van der Waals surface area (Å²) in [4.78, 5) is 24.8. The monoisotopic (exact) mass is 570 g/mol. The molecule has 1 amide bonds. The first-order chi connectivity index (χ1) is 18.0. The zero-order valence-electron chi connectivity index (χ0n) is 22.6. The largest absolute Gasteiger partial charge is 0.422 e. The number of carbonyl (C=O) groups excluding carboxylic acids is 2. The van der Waals surface area contributed by atoms with Crippen LogP contribution in [0.2, 0.25) is 0 Å². The van der Waals surface area contributed by atoms with Crippen LogP contribution in [-0.4, -0.2) is 18.1 Å². The molecule has 0 fully saturated rings. The summed E-state index contributed by atoms with van der Waals surface area (Å²) in [5, 5.41) is 4.08. The predicted molar refractivity (Wildman–Crippen MR) is 156 cm³/mol. The molecule has 2 rings (SSSR count). The summed E-state index contributed by atoms with van der Waals surface area (Å²) >= 11 is 3.43. The van der Waals surface area contributed by atoms with Crippen molar-refractivity contribution in [3.8, 4) is 5.75 Å². The van der Waals surface area contributed by atoms with E-state index in [4.69, 9.17) is 4.74 Å². The number of carbonyl (C=O) groups is 2. The van der Waals surface area contributed by atoms with Crippen molar-refractivity contribution in [1.82, 2.24) is 5.43 Å². The van der Waals surface area contributed by atoms with Gasteiger partial charge in [0.05, 0.1) is 11.8 Å². The molecule has 5 nitrogen and oxygen atoms in total. The number of ether oxygens (including phenoxy) is 1. The van der Waals surface area contributed by atoms with E-state index in [1.807, 2.05) is 19.1 Å². The quantitative estimate of drug-likeness (QED) is 0.0639. The molecule has 2 aromatic carbocycles. The molecule has 0 aliphatic heterocycles. The number of hydrazone groups is 1. The minimum absolute atomic E-state index is 0.104. The lowest BCUT2D eigenvalue weighted by Crippen LogP contribution is -2.17. The fraction of sp³-hybridized carbons (Fsp3) is 0.516. The number of benzene rings is 2. The van der Waals surface area contributed by atoms with Crippen LogP contribution in [0.4, 0.5) is 0 Å². The van der Waals surface area contributed by atoms with Gasteiger partial charge in [0.15, 0.2) is 0 Å². The van der Waals surface area contributed by atoms with Crippen molar-refractivity contribution in [3.05, 3.63) is 63.6 Å². The summed E-state index contributed by atoms with van der Waals surface area (Å²) in [7, 11) is 0. The van der Waals surface area contributed by atoms with Crippen molar-refractivity contribution in [2.75, 3.05) is 0 Å². The SMILES string of the molecule is CCCCCCCCCCCCCCCC(=O)N/N=C/c1cc(Br)ccc1OC(=O)c1ccccc1C. The van der Waals surface area contributed by atoms with Crippen LogP contribution < -0.4 is 10.2 Å². The lowest BCUT2D eigenvalue weighted by atomic mass is 10.0. The van der Waals surface area contributed by atoms with Gasteiger partial charge in [-0.1, -0.05) is 118 Å². The molecular weight excluding hydrogens is 528 g/mol. The van der Waals surface area contributed by atoms with E-state index in [1.165, 1.54) is 76.8 Å². The summed E-state index contributed by atoms with van der Waals surface area (Å²) in [6.07, 6.45) is 18.6. The van der Waals surface area contributed by atoms with Crippen molar-refractivity contribution in [2.24, 2.45) is 5.10 Å². The van der Waals surface area contributed by atoms with Gasteiger partial charge in [0.25, 0.3) is 0 Å². The van der Waals surface area contributed by atoms with Crippen LogP contribution in [0.3, 0.4) is 0 Å². The fourth-order valence-corrected chi connectivity index (χ4v) is 4.58. The number of amides is 1. The van der Waals surface area contributed by atoms with E-state index in [-0.39, 0.29) is 5.91 Å². The van der Waals surface area contributed by atoms with E-state index in [1.54, 1.807) is 30.3 Å². The van der Waals surface area contributed by atoms with Gasteiger partial charge < -0.3 is 4.74 Å². The Morgan fingerprint density at radius 2 is 1.46 bits per heavy atom. The summed E-state index contributed by atoms with van der Waals surface area (Å²) in [5.41, 5.74) is 4.55. The minimum Gasteiger partial charge on any atom is -0.422 e. The van der Waals surface area contributed by atoms with Crippen LogP contribution in [-0.2, 0) is 4.79 Å². The second-order valence-electron chi connectivity index (χ2n) is 9.67. The van der Waals surface area contributed by atoms with Gasteiger partial charge in [-0.3, -0.25) is 4.79 Å². The van der Waals surface area contributed by atoms with Gasteiger partial charge in [-0.05, 0) is 43.2 Å². The molecular formula is C31H43BrN2O3. The highest BCUT2D eigenvalue weighted by Gasteiger charge is 2.13. The molecule has 0 atom stereocenters. The topological polar surface area (TPSA) is 67.8 Å². The van der Waals surface area contributed by atoms with Crippen LogP contribution in [0.1, 0.15) is 118 Å². The van der Waals surface area contributed by atoms with E-state index in [2.05, 4.69) is 33.4 Å². The molecule has 0 aliphatic carbocycles. The first-order valence-corrected chi connectivity index (χ1v) is 14.7. The van der Waals surface area contributed by atoms with Crippen LogP contribution in [0.25, 0.3) is 0 Å². The molecule has 0 radical (unpaired) electrons. The molecule has 0 bridgehead atoms. The molecule has 0 saturated carbocycles. The average molecular weight is 572 g/mol. The van der Waals surface area contributed by atoms with Gasteiger partial charge >= 0.3 is 5.97 Å². The number of nitrogens with one attached hydrogen (secondary N) is 1. The van der Waals surface area contributed by atoms with Crippen LogP contribution in [0, 0.1) is 6.92 Å². The van der Waals surface area contributed by atoms with Crippen LogP contribution in [0.15, 0.2) is 52.0 Å². The van der Waals surface area contributed by atoms with Gasteiger partial charge in [0.1, 0.15) is 5.75 Å². The summed E-state index contributed by atoms with van der Waals surface area (Å²) in [6, 6.07) is 12.6. The number of aryl methyl sites for hydroxylation is 1. The number of halogens is 1. The van der Waals surface area contributed by atoms with Crippen molar-refractivity contribution in [2.45, 2.75) is 104 Å². The second-order valence-corrected chi connectivity index (χ2v) is 10.6. The van der Waals surface area contributed by atoms with Gasteiger partial charge in [0, 0.05) is 16.5 Å². The van der Waals surface area contributed by atoms with Crippen molar-refractivity contribution < 1.29 is 14.3 Å². The van der Waals surface area contributed by atoms with Crippen LogP contribution in [0.5, 0.6) is 5.75 Å². The molecule has 37 heavy (non-hydrogen) atoms. The first kappa shape index (κ1) is 30.8. The summed E-state index contributed by atoms with van der Waals surface area (Å²) < 4.78 is 6.44. The lowest BCUT2D eigenvalue weighted by molar-refractivity contribution is -0.121. The van der Waals surface area contributed by atoms with Gasteiger partial charge in [-0.2, -0.15) is 5.10 Å². The Kier molecular flexibility index (Phi) is 15.6. The predicted octanol–water partition coefficient (Wildman–Crippen LogP) is 8.91. The normalized spacial score (nSPS) is 11.1. The minimum atomic E-state index is -0.429. The Morgan fingerprint density at radius 3 is 2.08 bits per heavy atom. The zero-order valence-corrected chi connectivity index (χ0v) is 24.2. The Morgan fingerprint density at radius 1 is 0.865 bits per heavy atom. The van der Waals surface area contributed by atoms with E-state index in [9.17, 15) is 9.59 Å². The van der Waals surface area contributed by atoms with Crippen molar-refractivity contribution in [3.63, 3.8) is 0 Å². The smallest absolute Gasteiger partial charge is 0.343 e. The van der Waals surface area contributed by atoms with Gasteiger partial charge in [0.2, 0.25) is 5.91 Å². The van der Waals surface area contributed by atoms with E-state index in [0.29, 0.717) is 23.3 Å². The van der Waals surface area contributed by atoms with Crippen molar-refractivity contribution in [1.29, 1.82) is 0 Å². The number of hydrogen-bond donors (Lipinski definition) is 1. The molecule has 0 saturated heterocycles. The molecule has 0 spiro atoms. The first-order valence-electron chi connectivity index (χ1n) is 13.9. The average Bonchev–Trinajstić information content (AvgIpc) is 2.88. The summed E-state index contributed by atoms with van der Waals surface area (Å²) in [5.74, 6) is -0.153. The van der Waals surface area contributed by atoms with Crippen molar-refractivity contribution >= 4 is 34.0 Å². The zero-order chi connectivity index (χ0) is 26.7. The Hall–Kier alpha value is -2.47. The molecule has 202 valence electrons. The Balaban J connectivity index is 1.64. The molecule has 6 heteroatoms. The van der Waals surface area contributed by atoms with E-state index in [0.717, 1.165) is 22.9 Å². The number of esters is 1. The number of unbranched alkanes of at least 4 members (excludes halogenated alkanes) is 12. The highest BCUT2D eigenvalue weighted by atomic mass is 79.9. The maximum Gasteiger partial charge on any atom is 0.343 e. The van der Waals surface area contributed by atoms with Gasteiger partial charge in [-0.25, -0.2) is 10.2 Å². The third kappa shape index (κ3) is 13.1. The maximum atomic E-state index is 12.6. The lowest BCUT2D eigenvalue weighted by Gasteiger charge is -2.09. The summed E-state index contributed by atoms with van der Waals surface area (Å²) in [6.45, 7) is 4.13. The molecule has 1 N–H and O–H groups in total. The number of rotatable bonds is 18. The molecule has 0 heterocycles. The Bertz CT molecular complexity index is 990. The second kappa shape index (κ2) is 18.7. The molecule has 0 unspecified atom stereocenters. The third-order valence-corrected chi connectivity index (χ3v) is 6.93. The highest BCUT2D eigenvalue weighted by Crippen LogP contribution is 2.23. The molecule has 0 aromatic heterocycles. The van der Waals surface area contributed by atoms with Gasteiger partial charge in [-0.15, -0.1) is 0 Å². The standard InChI is InChI=1S/C31H43BrN2O3/c1-3-4-5-6-7-8-9-10-11-12-13-14-15-20-30(35)34-33-24-26-23-27(32)21-22-29(26)37-31(36)28-19-17-16-18-25(28)2/h16-19,21-24H,3-15,20H2,1-2H3,(H,34,35)/b33-24+. The maximum absolute atomic E-state index is 12.6. The van der Waals surface area contributed by atoms with E-state index < -0.39 is 5.97 Å². The van der Waals surface area contributed by atoms with Crippen LogP contribution >= 0.6 is 15.9 Å².